The van der Waals surface area contributed by atoms with Crippen molar-refractivity contribution in [2.24, 2.45) is 0 Å². The summed E-state index contributed by atoms with van der Waals surface area (Å²) in [5, 5.41) is 0.966. The Morgan fingerprint density at radius 2 is 1.84 bits per heavy atom. The van der Waals surface area contributed by atoms with Crippen LogP contribution in [0.1, 0.15) is 0 Å². The fourth-order valence-electron chi connectivity index (χ4n) is 2.17. The number of anilines is 3. The van der Waals surface area contributed by atoms with Gasteiger partial charge in [0, 0.05) is 12.4 Å². The van der Waals surface area contributed by atoms with Crippen molar-refractivity contribution in [2.45, 2.75) is 0 Å². The molecular formula is C15H13FN2O. The summed E-state index contributed by atoms with van der Waals surface area (Å²) < 4.78 is 19.0. The summed E-state index contributed by atoms with van der Waals surface area (Å²) in [7, 11) is 1.84. The molecule has 2 aromatic carbocycles. The molecule has 3 aromatic rings. The maximum Gasteiger partial charge on any atom is 0.148 e. The number of nitrogens with two attached hydrogens (primary N) is 1. The molecule has 0 aliphatic heterocycles. The topological polar surface area (TPSA) is 42.4 Å². The summed E-state index contributed by atoms with van der Waals surface area (Å²) in [6.45, 7) is 0. The first-order valence-corrected chi connectivity index (χ1v) is 5.92. The number of nitrogen functional groups attached to an aromatic ring is 1. The van der Waals surface area contributed by atoms with Crippen molar-refractivity contribution in [3.63, 3.8) is 0 Å². The molecule has 1 heterocycles. The van der Waals surface area contributed by atoms with E-state index in [-0.39, 0.29) is 5.69 Å². The van der Waals surface area contributed by atoms with Crippen LogP contribution in [0.5, 0.6) is 0 Å². The van der Waals surface area contributed by atoms with Gasteiger partial charge in [0.05, 0.1) is 17.1 Å². The molecule has 0 spiro atoms. The van der Waals surface area contributed by atoms with Crippen molar-refractivity contribution in [1.82, 2.24) is 0 Å². The van der Waals surface area contributed by atoms with Crippen LogP contribution in [0, 0.1) is 5.82 Å². The first-order chi connectivity index (χ1) is 9.18. The lowest BCUT2D eigenvalue weighted by molar-refractivity contribution is 0.615. The molecule has 19 heavy (non-hydrogen) atoms. The van der Waals surface area contributed by atoms with Crippen molar-refractivity contribution in [1.29, 1.82) is 0 Å². The third-order valence-electron chi connectivity index (χ3n) is 3.21. The molecule has 0 saturated heterocycles. The van der Waals surface area contributed by atoms with Gasteiger partial charge in [0.1, 0.15) is 17.7 Å². The molecule has 3 rings (SSSR count). The lowest BCUT2D eigenvalue weighted by Gasteiger charge is -2.19. The highest BCUT2D eigenvalue weighted by Gasteiger charge is 2.14. The number of hydrogen-bond donors (Lipinski definition) is 1. The van der Waals surface area contributed by atoms with Crippen LogP contribution in [-0.2, 0) is 0 Å². The van der Waals surface area contributed by atoms with Crippen LogP contribution >= 0.6 is 0 Å². The number of para-hydroxylation sites is 2. The third kappa shape index (κ3) is 1.81. The zero-order valence-electron chi connectivity index (χ0n) is 10.4. The number of halogens is 1. The molecule has 1 aromatic heterocycles. The minimum absolute atomic E-state index is 0.135. The van der Waals surface area contributed by atoms with Crippen LogP contribution in [0.3, 0.4) is 0 Å². The van der Waals surface area contributed by atoms with E-state index >= 15 is 0 Å². The Morgan fingerprint density at radius 1 is 1.05 bits per heavy atom. The number of hydrogen-bond acceptors (Lipinski definition) is 3. The fourth-order valence-corrected chi connectivity index (χ4v) is 2.17. The van der Waals surface area contributed by atoms with Gasteiger partial charge in [-0.15, -0.1) is 0 Å². The van der Waals surface area contributed by atoms with E-state index in [1.54, 1.807) is 18.4 Å². The summed E-state index contributed by atoms with van der Waals surface area (Å²) in [6.07, 6.45) is 1.65. The molecule has 0 saturated carbocycles. The van der Waals surface area contributed by atoms with Crippen molar-refractivity contribution in [3.05, 3.63) is 54.5 Å². The molecule has 0 amide bonds. The van der Waals surface area contributed by atoms with E-state index in [1.807, 2.05) is 36.2 Å². The highest BCUT2D eigenvalue weighted by atomic mass is 19.1. The summed E-state index contributed by atoms with van der Waals surface area (Å²) >= 11 is 0. The van der Waals surface area contributed by atoms with Gasteiger partial charge >= 0.3 is 0 Å². The predicted octanol–water partition coefficient (Wildman–Crippen LogP) is 3.92. The number of furan rings is 1. The van der Waals surface area contributed by atoms with E-state index in [1.165, 1.54) is 6.07 Å². The van der Waals surface area contributed by atoms with Gasteiger partial charge in [-0.2, -0.15) is 0 Å². The van der Waals surface area contributed by atoms with Crippen LogP contribution in [0.4, 0.5) is 21.5 Å². The Bertz CT molecular complexity index is 736. The van der Waals surface area contributed by atoms with Gasteiger partial charge in [-0.3, -0.25) is 0 Å². The molecule has 0 unspecified atom stereocenters. The van der Waals surface area contributed by atoms with Crippen LogP contribution in [-0.4, -0.2) is 7.05 Å². The van der Waals surface area contributed by atoms with Crippen molar-refractivity contribution < 1.29 is 8.81 Å². The first-order valence-electron chi connectivity index (χ1n) is 5.92. The average Bonchev–Trinajstić information content (AvgIpc) is 2.85. The molecular weight excluding hydrogens is 243 g/mol. The normalized spacial score (nSPS) is 10.8. The smallest absolute Gasteiger partial charge is 0.148 e. The molecule has 96 valence electrons. The molecule has 0 radical (unpaired) electrons. The number of nitrogens with zero attached hydrogens (tertiary/aromatic N) is 1. The second-order valence-corrected chi connectivity index (χ2v) is 4.35. The van der Waals surface area contributed by atoms with Crippen molar-refractivity contribution in [2.75, 3.05) is 17.7 Å². The minimum atomic E-state index is -0.419. The fraction of sp³-hybridized carbons (Fsp3) is 0.0667. The van der Waals surface area contributed by atoms with Gasteiger partial charge in [0.2, 0.25) is 0 Å². The van der Waals surface area contributed by atoms with Gasteiger partial charge in [0.25, 0.3) is 0 Å². The molecule has 0 atom stereocenters. The summed E-state index contributed by atoms with van der Waals surface area (Å²) in [5.74, 6) is -0.419. The van der Waals surface area contributed by atoms with Crippen LogP contribution in [0.25, 0.3) is 11.0 Å². The van der Waals surface area contributed by atoms with Gasteiger partial charge in [-0.25, -0.2) is 4.39 Å². The Kier molecular flexibility index (Phi) is 2.63. The Hall–Kier alpha value is -2.49. The van der Waals surface area contributed by atoms with Gasteiger partial charge < -0.3 is 15.1 Å². The van der Waals surface area contributed by atoms with Gasteiger partial charge in [-0.05, 0) is 24.3 Å². The molecule has 3 nitrogen and oxygen atoms in total. The van der Waals surface area contributed by atoms with E-state index in [9.17, 15) is 4.39 Å². The van der Waals surface area contributed by atoms with Crippen molar-refractivity contribution >= 4 is 28.0 Å². The third-order valence-corrected chi connectivity index (χ3v) is 3.21. The van der Waals surface area contributed by atoms with E-state index in [0.717, 1.165) is 16.7 Å². The number of fused-ring (bicyclic) bond motifs is 1. The summed E-state index contributed by atoms with van der Waals surface area (Å²) in [4.78, 5) is 1.82. The Labute approximate surface area is 110 Å². The van der Waals surface area contributed by atoms with Crippen LogP contribution < -0.4 is 10.6 Å². The molecule has 0 aliphatic carbocycles. The molecule has 2 N–H and O–H groups in total. The second-order valence-electron chi connectivity index (χ2n) is 4.35. The maximum atomic E-state index is 13.5. The zero-order valence-corrected chi connectivity index (χ0v) is 10.4. The number of benzene rings is 2. The van der Waals surface area contributed by atoms with Crippen LogP contribution in [0.15, 0.2) is 53.1 Å². The van der Waals surface area contributed by atoms with E-state index in [4.69, 9.17) is 10.2 Å². The average molecular weight is 256 g/mol. The molecule has 0 aliphatic rings. The monoisotopic (exact) mass is 256 g/mol. The van der Waals surface area contributed by atoms with E-state index in [0.29, 0.717) is 5.69 Å². The molecule has 0 bridgehead atoms. The highest BCUT2D eigenvalue weighted by molar-refractivity contribution is 5.94. The van der Waals surface area contributed by atoms with Crippen LogP contribution in [0.2, 0.25) is 0 Å². The minimum Gasteiger partial charge on any atom is -0.462 e. The number of rotatable bonds is 2. The SMILES string of the molecule is CN(c1cccc(F)c1N)c1coc2ccccc12. The Balaban J connectivity index is 2.13. The molecule has 0 fully saturated rings. The predicted molar refractivity (Wildman–Crippen MR) is 75.1 cm³/mol. The first kappa shape index (κ1) is 11.6. The lowest BCUT2D eigenvalue weighted by atomic mass is 10.2. The maximum absolute atomic E-state index is 13.5. The quantitative estimate of drug-likeness (QED) is 0.706. The highest BCUT2D eigenvalue weighted by Crippen LogP contribution is 2.35. The standard InChI is InChI=1S/C15H13FN2O/c1-18(12-7-4-6-11(16)15(12)17)13-9-19-14-8-3-2-5-10(13)14/h2-9H,17H2,1H3. The van der Waals surface area contributed by atoms with Crippen molar-refractivity contribution in [3.8, 4) is 0 Å². The summed E-state index contributed by atoms with van der Waals surface area (Å²) in [6, 6.07) is 12.5. The zero-order chi connectivity index (χ0) is 13.4. The lowest BCUT2D eigenvalue weighted by Crippen LogP contribution is -2.11. The van der Waals surface area contributed by atoms with E-state index < -0.39 is 5.82 Å². The Morgan fingerprint density at radius 3 is 2.68 bits per heavy atom. The largest absolute Gasteiger partial charge is 0.462 e. The van der Waals surface area contributed by atoms with Gasteiger partial charge in [0.15, 0.2) is 0 Å². The second kappa shape index (κ2) is 4.31. The van der Waals surface area contributed by atoms with Gasteiger partial charge in [-0.1, -0.05) is 18.2 Å². The summed E-state index contributed by atoms with van der Waals surface area (Å²) in [5.41, 5.74) is 8.18. The molecule has 4 heteroatoms. The van der Waals surface area contributed by atoms with E-state index in [2.05, 4.69) is 0 Å².